The summed E-state index contributed by atoms with van der Waals surface area (Å²) in [6.07, 6.45) is 0.274. The first kappa shape index (κ1) is 29.1. The third kappa shape index (κ3) is 5.83. The molecule has 0 aliphatic carbocycles. The molecule has 4 rings (SSSR count). The lowest BCUT2D eigenvalue weighted by atomic mass is 9.95. The molecule has 0 saturated carbocycles. The van der Waals surface area contributed by atoms with E-state index in [1.165, 1.54) is 47.5 Å². The number of quaternary nitrogens is 1. The maximum Gasteiger partial charge on any atom is 0.259 e. The summed E-state index contributed by atoms with van der Waals surface area (Å²) in [5, 5.41) is 12.1. The van der Waals surface area contributed by atoms with E-state index < -0.39 is 17.4 Å². The number of benzene rings is 2. The van der Waals surface area contributed by atoms with Crippen LogP contribution in [0.1, 0.15) is 43.6 Å². The van der Waals surface area contributed by atoms with Crippen LogP contribution in [0.3, 0.4) is 0 Å². The zero-order valence-corrected chi connectivity index (χ0v) is 23.4. The van der Waals surface area contributed by atoms with Crippen LogP contribution in [0.2, 0.25) is 0 Å². The third-order valence-corrected chi connectivity index (χ3v) is 7.71. The Balaban J connectivity index is 1.40. The van der Waals surface area contributed by atoms with Crippen molar-refractivity contribution in [3.05, 3.63) is 83.6 Å². The highest BCUT2D eigenvalue weighted by atomic mass is 19.1. The molecule has 0 radical (unpaired) electrons. The third-order valence-electron chi connectivity index (χ3n) is 7.71. The number of amides is 2. The van der Waals surface area contributed by atoms with Gasteiger partial charge in [-0.25, -0.2) is 13.8 Å². The van der Waals surface area contributed by atoms with E-state index in [4.69, 9.17) is 4.74 Å². The Hall–Kier alpha value is -3.89. The lowest BCUT2D eigenvalue weighted by Crippen LogP contribution is -2.76. The molecular formula is C30H34F2N4O4. The summed E-state index contributed by atoms with van der Waals surface area (Å²) in [6, 6.07) is 13.0. The van der Waals surface area contributed by atoms with E-state index in [1.54, 1.807) is 25.2 Å². The van der Waals surface area contributed by atoms with Crippen molar-refractivity contribution in [1.29, 1.82) is 0 Å². The summed E-state index contributed by atoms with van der Waals surface area (Å²) < 4.78 is 33.6. The standard InChI is InChI=1S/C30H34F2N4O4/c1-20-18-35(14-15-36(20,29(38)39)30(2,3)4)19-22-6-10-24(16-26(22)32)34(5)28(37)21-7-13-27(33-17-21)40-25-11-8-23(31)9-12-25/h6-13,16-17,20H,14-15,18-19H2,1-5H3/t20-,36?/m0/s1. The van der Waals surface area contributed by atoms with Gasteiger partial charge in [0, 0.05) is 43.7 Å². The Labute approximate surface area is 233 Å². The summed E-state index contributed by atoms with van der Waals surface area (Å²) >= 11 is 0. The fraction of sp³-hybridized carbons (Fsp3) is 0.367. The molecule has 2 atom stereocenters. The molecule has 10 heteroatoms. The van der Waals surface area contributed by atoms with E-state index in [9.17, 15) is 19.1 Å². The summed E-state index contributed by atoms with van der Waals surface area (Å²) in [5.74, 6) is -0.558. The molecule has 1 fully saturated rings. The van der Waals surface area contributed by atoms with Crippen LogP contribution >= 0.6 is 0 Å². The highest BCUT2D eigenvalue weighted by Gasteiger charge is 2.49. The lowest BCUT2D eigenvalue weighted by Gasteiger charge is -2.55. The second-order valence-electron chi connectivity index (χ2n) is 11.2. The van der Waals surface area contributed by atoms with Crippen molar-refractivity contribution in [2.24, 2.45) is 0 Å². The van der Waals surface area contributed by atoms with E-state index in [0.29, 0.717) is 43.2 Å². The number of halogens is 2. The van der Waals surface area contributed by atoms with Gasteiger partial charge in [-0.2, -0.15) is 0 Å². The largest absolute Gasteiger partial charge is 0.498 e. The smallest absolute Gasteiger partial charge is 0.259 e. The molecule has 1 unspecified atom stereocenters. The molecule has 2 amide bonds. The summed E-state index contributed by atoms with van der Waals surface area (Å²) in [7, 11) is 1.55. The van der Waals surface area contributed by atoms with Gasteiger partial charge in [0.05, 0.1) is 24.2 Å². The maximum absolute atomic E-state index is 15.2. The Bertz CT molecular complexity index is 1380. The molecule has 1 aromatic heterocycles. The van der Waals surface area contributed by atoms with Crippen molar-refractivity contribution in [1.82, 2.24) is 9.88 Å². The molecule has 1 aliphatic heterocycles. The van der Waals surface area contributed by atoms with Crippen molar-refractivity contribution >= 4 is 17.7 Å². The molecule has 1 saturated heterocycles. The van der Waals surface area contributed by atoms with Gasteiger partial charge in [-0.3, -0.25) is 14.2 Å². The van der Waals surface area contributed by atoms with Crippen molar-refractivity contribution in [2.45, 2.75) is 45.8 Å². The average Bonchev–Trinajstić information content (AvgIpc) is 2.90. The number of piperazine rings is 1. The molecule has 8 nitrogen and oxygen atoms in total. The predicted molar refractivity (Wildman–Crippen MR) is 145 cm³/mol. The van der Waals surface area contributed by atoms with Gasteiger partial charge in [0.1, 0.15) is 23.4 Å². The highest BCUT2D eigenvalue weighted by Crippen LogP contribution is 2.32. The molecule has 40 heavy (non-hydrogen) atoms. The normalized spacial score (nSPS) is 19.7. The monoisotopic (exact) mass is 552 g/mol. The summed E-state index contributed by atoms with van der Waals surface area (Å²) in [4.78, 5) is 32.7. The van der Waals surface area contributed by atoms with Crippen LogP contribution in [-0.2, 0) is 6.54 Å². The number of pyridine rings is 1. The molecule has 1 aliphatic rings. The minimum Gasteiger partial charge on any atom is -0.498 e. The first-order valence-electron chi connectivity index (χ1n) is 13.1. The quantitative estimate of drug-likeness (QED) is 0.416. The number of aromatic nitrogens is 1. The number of carbonyl (C=O) groups excluding carboxylic acids is 2. The second kappa shape index (κ2) is 11.3. The number of ether oxygens (including phenoxy) is 1. The number of nitrogens with zero attached hydrogens (tertiary/aromatic N) is 4. The molecule has 2 heterocycles. The van der Waals surface area contributed by atoms with Crippen LogP contribution in [0, 0.1) is 11.6 Å². The minimum atomic E-state index is -1.09. The van der Waals surface area contributed by atoms with Gasteiger partial charge in [0.2, 0.25) is 5.88 Å². The molecule has 3 aromatic rings. The minimum absolute atomic E-state index is 0.147. The molecule has 0 spiro atoms. The van der Waals surface area contributed by atoms with Gasteiger partial charge in [-0.15, -0.1) is 0 Å². The SMILES string of the molecule is C[C@H]1CN(Cc2ccc(N(C)C(=O)c3ccc(Oc4ccc(F)cc4)nc3)cc2F)CC[N+]1(C(=O)[O-])C(C)(C)C. The van der Waals surface area contributed by atoms with E-state index in [2.05, 4.69) is 4.98 Å². The Morgan fingerprint density at radius 2 is 1.82 bits per heavy atom. The number of carboxylic acid groups (broad SMARTS) is 1. The number of rotatable bonds is 6. The first-order valence-corrected chi connectivity index (χ1v) is 13.1. The molecule has 0 N–H and O–H groups in total. The van der Waals surface area contributed by atoms with Crippen LogP contribution < -0.4 is 14.7 Å². The van der Waals surface area contributed by atoms with E-state index in [0.717, 1.165) is 0 Å². The summed E-state index contributed by atoms with van der Waals surface area (Å²) in [6.45, 7) is 9.26. The molecule has 0 bridgehead atoms. The number of anilines is 1. The van der Waals surface area contributed by atoms with Gasteiger partial charge >= 0.3 is 0 Å². The highest BCUT2D eigenvalue weighted by molar-refractivity contribution is 6.05. The van der Waals surface area contributed by atoms with Crippen molar-refractivity contribution in [2.75, 3.05) is 31.6 Å². The first-order chi connectivity index (χ1) is 18.8. The van der Waals surface area contributed by atoms with Gasteiger partial charge in [-0.05, 0) is 70.2 Å². The van der Waals surface area contributed by atoms with Crippen molar-refractivity contribution in [3.63, 3.8) is 0 Å². The Morgan fingerprint density at radius 3 is 2.38 bits per heavy atom. The zero-order chi connectivity index (χ0) is 29.2. The van der Waals surface area contributed by atoms with E-state index >= 15 is 4.39 Å². The van der Waals surface area contributed by atoms with Gasteiger partial charge in [0.15, 0.2) is 0 Å². The van der Waals surface area contributed by atoms with Crippen LogP contribution in [-0.4, -0.2) is 64.6 Å². The topological polar surface area (TPSA) is 85.8 Å². The molecular weight excluding hydrogens is 518 g/mol. The van der Waals surface area contributed by atoms with Crippen LogP contribution in [0.25, 0.3) is 0 Å². The zero-order valence-electron chi connectivity index (χ0n) is 23.4. The van der Waals surface area contributed by atoms with Gasteiger partial charge < -0.3 is 19.5 Å². The average molecular weight is 553 g/mol. The van der Waals surface area contributed by atoms with Crippen LogP contribution in [0.5, 0.6) is 11.6 Å². The Morgan fingerprint density at radius 1 is 1.12 bits per heavy atom. The van der Waals surface area contributed by atoms with E-state index in [1.807, 2.05) is 32.6 Å². The molecule has 212 valence electrons. The molecule has 2 aromatic carbocycles. The van der Waals surface area contributed by atoms with Crippen LogP contribution in [0.15, 0.2) is 60.8 Å². The van der Waals surface area contributed by atoms with Crippen LogP contribution in [0.4, 0.5) is 19.3 Å². The predicted octanol–water partition coefficient (Wildman–Crippen LogP) is 4.59. The van der Waals surface area contributed by atoms with Crippen molar-refractivity contribution < 1.29 is 32.7 Å². The van der Waals surface area contributed by atoms with Gasteiger partial charge in [-0.1, -0.05) is 6.07 Å². The second-order valence-corrected chi connectivity index (χ2v) is 11.2. The fourth-order valence-electron chi connectivity index (χ4n) is 5.42. The van der Waals surface area contributed by atoms with Gasteiger partial charge in [0.25, 0.3) is 12.0 Å². The number of hydrogen-bond donors (Lipinski definition) is 0. The number of hydrogen-bond acceptors (Lipinski definition) is 6. The number of carbonyl (C=O) groups is 2. The van der Waals surface area contributed by atoms with Crippen molar-refractivity contribution in [3.8, 4) is 11.6 Å². The lowest BCUT2D eigenvalue weighted by molar-refractivity contribution is -0.943. The Kier molecular flexibility index (Phi) is 8.23. The maximum atomic E-state index is 15.2. The fourth-order valence-corrected chi connectivity index (χ4v) is 5.42. The van der Waals surface area contributed by atoms with E-state index in [-0.39, 0.29) is 33.7 Å². The summed E-state index contributed by atoms with van der Waals surface area (Å²) in [5.41, 5.74) is 0.601.